The van der Waals surface area contributed by atoms with Gasteiger partial charge in [-0.1, -0.05) is 11.6 Å². The Morgan fingerprint density at radius 1 is 0.769 bits per heavy atom. The lowest BCUT2D eigenvalue weighted by molar-refractivity contribution is 0.0926. The maximum Gasteiger partial charge on any atom is 0.266 e. The van der Waals surface area contributed by atoms with Gasteiger partial charge in [0.15, 0.2) is 0 Å². The van der Waals surface area contributed by atoms with Gasteiger partial charge in [0, 0.05) is 5.02 Å². The molecular formula is C20H11ClFNO3. The van der Waals surface area contributed by atoms with Crippen LogP contribution in [0, 0.1) is 5.82 Å². The molecule has 0 aromatic heterocycles. The number of carbonyl (C=O) groups is 2. The van der Waals surface area contributed by atoms with Crippen molar-refractivity contribution in [2.75, 3.05) is 4.90 Å². The zero-order valence-corrected chi connectivity index (χ0v) is 14.0. The summed E-state index contributed by atoms with van der Waals surface area (Å²) in [4.78, 5) is 26.3. The summed E-state index contributed by atoms with van der Waals surface area (Å²) in [6.45, 7) is 0. The van der Waals surface area contributed by atoms with Gasteiger partial charge in [-0.15, -0.1) is 0 Å². The Kier molecular flexibility index (Phi) is 3.93. The SMILES string of the molecule is O=C1c2ccc(Oc3ccc(Cl)cc3)cc2C(=O)N1c1ccc(F)cc1. The Labute approximate surface area is 153 Å². The van der Waals surface area contributed by atoms with E-state index in [0.717, 1.165) is 4.90 Å². The van der Waals surface area contributed by atoms with E-state index in [-0.39, 0.29) is 11.1 Å². The number of carbonyl (C=O) groups excluding carboxylic acids is 2. The molecule has 6 heteroatoms. The molecule has 128 valence electrons. The van der Waals surface area contributed by atoms with Crippen LogP contribution in [0.5, 0.6) is 11.5 Å². The van der Waals surface area contributed by atoms with E-state index in [9.17, 15) is 14.0 Å². The minimum Gasteiger partial charge on any atom is -0.457 e. The van der Waals surface area contributed by atoms with Crippen LogP contribution in [0.15, 0.2) is 66.7 Å². The van der Waals surface area contributed by atoms with Crippen molar-refractivity contribution < 1.29 is 18.7 Å². The second-order valence-electron chi connectivity index (χ2n) is 5.69. The van der Waals surface area contributed by atoms with E-state index in [0.29, 0.717) is 22.2 Å². The van der Waals surface area contributed by atoms with Crippen molar-refractivity contribution in [2.24, 2.45) is 0 Å². The zero-order chi connectivity index (χ0) is 18.3. The van der Waals surface area contributed by atoms with Crippen LogP contribution in [0.2, 0.25) is 5.02 Å². The van der Waals surface area contributed by atoms with Gasteiger partial charge in [0.05, 0.1) is 16.8 Å². The van der Waals surface area contributed by atoms with E-state index in [1.54, 1.807) is 36.4 Å². The lowest BCUT2D eigenvalue weighted by atomic mass is 10.1. The highest BCUT2D eigenvalue weighted by Crippen LogP contribution is 2.32. The van der Waals surface area contributed by atoms with E-state index >= 15 is 0 Å². The molecule has 1 heterocycles. The number of halogens is 2. The van der Waals surface area contributed by atoms with Gasteiger partial charge in [-0.3, -0.25) is 9.59 Å². The second-order valence-corrected chi connectivity index (χ2v) is 6.12. The Balaban J connectivity index is 1.65. The number of ether oxygens (including phenoxy) is 1. The molecule has 2 amide bonds. The standard InChI is InChI=1S/C20H11ClFNO3/c21-12-1-7-15(8-2-12)26-16-9-10-17-18(11-16)20(25)23(19(17)24)14-5-3-13(22)4-6-14/h1-11H. The van der Waals surface area contributed by atoms with E-state index in [1.807, 2.05) is 0 Å². The fraction of sp³-hybridized carbons (Fsp3) is 0. The molecule has 1 aliphatic rings. The molecule has 0 aliphatic carbocycles. The molecule has 0 atom stereocenters. The van der Waals surface area contributed by atoms with Crippen molar-refractivity contribution in [1.29, 1.82) is 0 Å². The van der Waals surface area contributed by atoms with Crippen LogP contribution in [0.1, 0.15) is 20.7 Å². The summed E-state index contributed by atoms with van der Waals surface area (Å²) in [5.74, 6) is -0.383. The van der Waals surface area contributed by atoms with E-state index < -0.39 is 17.6 Å². The van der Waals surface area contributed by atoms with Gasteiger partial charge in [0.2, 0.25) is 0 Å². The van der Waals surface area contributed by atoms with Crippen LogP contribution in [0.3, 0.4) is 0 Å². The third-order valence-corrected chi connectivity index (χ3v) is 4.24. The van der Waals surface area contributed by atoms with Crippen LogP contribution in [0.25, 0.3) is 0 Å². The van der Waals surface area contributed by atoms with E-state index in [4.69, 9.17) is 16.3 Å². The Morgan fingerprint density at radius 3 is 2.08 bits per heavy atom. The van der Waals surface area contributed by atoms with Gasteiger partial charge in [-0.2, -0.15) is 0 Å². The van der Waals surface area contributed by atoms with Crippen LogP contribution >= 0.6 is 11.6 Å². The summed E-state index contributed by atoms with van der Waals surface area (Å²) in [7, 11) is 0. The van der Waals surface area contributed by atoms with Gasteiger partial charge in [-0.05, 0) is 66.7 Å². The minimum absolute atomic E-state index is 0.241. The largest absolute Gasteiger partial charge is 0.457 e. The monoisotopic (exact) mass is 367 g/mol. The van der Waals surface area contributed by atoms with Crippen LogP contribution < -0.4 is 9.64 Å². The first-order valence-corrected chi connectivity index (χ1v) is 8.12. The predicted molar refractivity (Wildman–Crippen MR) is 95.5 cm³/mol. The third kappa shape index (κ3) is 2.82. The smallest absolute Gasteiger partial charge is 0.266 e. The molecule has 3 aromatic carbocycles. The fourth-order valence-electron chi connectivity index (χ4n) is 2.75. The van der Waals surface area contributed by atoms with Crippen molar-refractivity contribution in [3.8, 4) is 11.5 Å². The molecule has 0 unspecified atom stereocenters. The van der Waals surface area contributed by atoms with Gasteiger partial charge < -0.3 is 4.74 Å². The molecule has 26 heavy (non-hydrogen) atoms. The Bertz CT molecular complexity index is 1020. The molecular weight excluding hydrogens is 357 g/mol. The number of rotatable bonds is 3. The zero-order valence-electron chi connectivity index (χ0n) is 13.3. The Morgan fingerprint density at radius 2 is 1.38 bits per heavy atom. The molecule has 0 radical (unpaired) electrons. The number of nitrogens with zero attached hydrogens (tertiary/aromatic N) is 1. The first-order chi connectivity index (χ1) is 12.5. The molecule has 0 spiro atoms. The molecule has 4 nitrogen and oxygen atoms in total. The van der Waals surface area contributed by atoms with E-state index in [1.165, 1.54) is 30.3 Å². The second kappa shape index (κ2) is 6.28. The number of hydrogen-bond donors (Lipinski definition) is 0. The molecule has 0 saturated carbocycles. The minimum atomic E-state index is -0.474. The molecule has 0 fully saturated rings. The van der Waals surface area contributed by atoms with Crippen molar-refractivity contribution >= 4 is 29.1 Å². The van der Waals surface area contributed by atoms with Gasteiger partial charge in [-0.25, -0.2) is 9.29 Å². The molecule has 0 bridgehead atoms. The highest BCUT2D eigenvalue weighted by molar-refractivity contribution is 6.34. The molecule has 1 aliphatic heterocycles. The van der Waals surface area contributed by atoms with Crippen molar-refractivity contribution in [1.82, 2.24) is 0 Å². The lowest BCUT2D eigenvalue weighted by Gasteiger charge is -2.13. The number of imide groups is 1. The highest BCUT2D eigenvalue weighted by atomic mass is 35.5. The van der Waals surface area contributed by atoms with Crippen molar-refractivity contribution in [3.63, 3.8) is 0 Å². The molecule has 3 aromatic rings. The Hall–Kier alpha value is -3.18. The topological polar surface area (TPSA) is 46.6 Å². The van der Waals surface area contributed by atoms with Gasteiger partial charge in [0.25, 0.3) is 11.8 Å². The van der Waals surface area contributed by atoms with Gasteiger partial charge in [0.1, 0.15) is 17.3 Å². The van der Waals surface area contributed by atoms with Crippen LogP contribution in [0.4, 0.5) is 10.1 Å². The predicted octanol–water partition coefficient (Wildman–Crippen LogP) is 5.07. The van der Waals surface area contributed by atoms with Crippen molar-refractivity contribution in [3.05, 3.63) is 88.7 Å². The number of amides is 2. The number of hydrogen-bond acceptors (Lipinski definition) is 3. The summed E-state index contributed by atoms with van der Waals surface area (Å²) >= 11 is 5.84. The quantitative estimate of drug-likeness (QED) is 0.607. The fourth-order valence-corrected chi connectivity index (χ4v) is 2.87. The van der Waals surface area contributed by atoms with Crippen LogP contribution in [-0.2, 0) is 0 Å². The molecule has 4 rings (SSSR count). The first-order valence-electron chi connectivity index (χ1n) is 7.75. The average molecular weight is 368 g/mol. The maximum absolute atomic E-state index is 13.1. The summed E-state index contributed by atoms with van der Waals surface area (Å²) < 4.78 is 18.8. The first kappa shape index (κ1) is 16.3. The number of fused-ring (bicyclic) bond motifs is 1. The summed E-state index contributed by atoms with van der Waals surface area (Å²) in [5.41, 5.74) is 0.839. The van der Waals surface area contributed by atoms with Crippen LogP contribution in [-0.4, -0.2) is 11.8 Å². The highest BCUT2D eigenvalue weighted by Gasteiger charge is 2.37. The van der Waals surface area contributed by atoms with Crippen molar-refractivity contribution in [2.45, 2.75) is 0 Å². The van der Waals surface area contributed by atoms with E-state index in [2.05, 4.69) is 0 Å². The maximum atomic E-state index is 13.1. The summed E-state index contributed by atoms with van der Waals surface area (Å²) in [6.07, 6.45) is 0. The molecule has 0 saturated heterocycles. The molecule has 0 N–H and O–H groups in total. The number of anilines is 1. The summed E-state index contributed by atoms with van der Waals surface area (Å²) in [5, 5.41) is 0.585. The van der Waals surface area contributed by atoms with Gasteiger partial charge >= 0.3 is 0 Å². The normalized spacial score (nSPS) is 13.1. The lowest BCUT2D eigenvalue weighted by Crippen LogP contribution is -2.29. The summed E-state index contributed by atoms with van der Waals surface area (Å²) in [6, 6.07) is 16.7. The number of benzene rings is 3. The average Bonchev–Trinajstić information content (AvgIpc) is 2.89. The third-order valence-electron chi connectivity index (χ3n) is 3.99.